The minimum atomic E-state index is 0.604. The van der Waals surface area contributed by atoms with Gasteiger partial charge in [-0.15, -0.1) is 0 Å². The molecule has 4 heteroatoms. The molecular weight excluding hydrogens is 392 g/mol. The van der Waals surface area contributed by atoms with E-state index < -0.39 is 0 Å². The van der Waals surface area contributed by atoms with Crippen molar-refractivity contribution in [1.82, 2.24) is 5.32 Å². The molecule has 0 spiro atoms. The Morgan fingerprint density at radius 3 is 2.57 bits per heavy atom. The summed E-state index contributed by atoms with van der Waals surface area (Å²) >= 11 is 7.21. The van der Waals surface area contributed by atoms with E-state index in [9.17, 15) is 0 Å². The summed E-state index contributed by atoms with van der Waals surface area (Å²) in [6, 6.07) is 7.73. The van der Waals surface area contributed by atoms with Gasteiger partial charge < -0.3 is 10.6 Å². The van der Waals surface area contributed by atoms with Crippen LogP contribution in [0, 0.1) is 5.92 Å². The third-order valence-electron chi connectivity index (χ3n) is 4.96. The van der Waals surface area contributed by atoms with Crippen molar-refractivity contribution in [3.05, 3.63) is 27.1 Å². The molecular formula is C17H24Br2N2. The van der Waals surface area contributed by atoms with Crippen LogP contribution in [0.3, 0.4) is 0 Å². The molecule has 2 fully saturated rings. The Hall–Kier alpha value is -0.0600. The topological polar surface area (TPSA) is 24.1 Å². The van der Waals surface area contributed by atoms with Crippen LogP contribution >= 0.6 is 31.9 Å². The Kier molecular flexibility index (Phi) is 5.63. The summed E-state index contributed by atoms with van der Waals surface area (Å²) in [4.78, 5) is 0. The lowest BCUT2D eigenvalue weighted by Crippen LogP contribution is -2.48. The van der Waals surface area contributed by atoms with E-state index in [-0.39, 0.29) is 0 Å². The van der Waals surface area contributed by atoms with Crippen molar-refractivity contribution in [2.45, 2.75) is 57.0 Å². The van der Waals surface area contributed by atoms with Crippen LogP contribution in [0.25, 0.3) is 0 Å². The van der Waals surface area contributed by atoms with Crippen LogP contribution in [0.1, 0.15) is 44.9 Å². The molecule has 2 nitrogen and oxygen atoms in total. The normalized spacial score (nSPS) is 30.1. The lowest BCUT2D eigenvalue weighted by molar-refractivity contribution is 0.217. The number of halogens is 2. The molecule has 1 aliphatic carbocycles. The molecule has 1 saturated carbocycles. The molecule has 3 atom stereocenters. The van der Waals surface area contributed by atoms with Crippen LogP contribution in [0.15, 0.2) is 27.1 Å². The maximum atomic E-state index is 3.82. The summed E-state index contributed by atoms with van der Waals surface area (Å²) in [6.45, 7) is 1.20. The molecule has 1 aromatic carbocycles. The molecule has 1 aromatic rings. The number of rotatable bonds is 3. The maximum absolute atomic E-state index is 3.82. The number of nitrogens with one attached hydrogen (secondary N) is 2. The van der Waals surface area contributed by atoms with Crippen LogP contribution in [-0.2, 0) is 0 Å². The smallest absolute Gasteiger partial charge is 0.0487 e. The first-order valence-corrected chi connectivity index (χ1v) is 9.77. The predicted molar refractivity (Wildman–Crippen MR) is 96.9 cm³/mol. The van der Waals surface area contributed by atoms with E-state index in [1.54, 1.807) is 0 Å². The van der Waals surface area contributed by atoms with Gasteiger partial charge in [0.1, 0.15) is 0 Å². The van der Waals surface area contributed by atoms with Crippen molar-refractivity contribution in [3.63, 3.8) is 0 Å². The molecule has 1 saturated heterocycles. The Balaban J connectivity index is 1.71. The first-order valence-electron chi connectivity index (χ1n) is 8.19. The van der Waals surface area contributed by atoms with E-state index in [0.717, 1.165) is 14.9 Å². The lowest BCUT2D eigenvalue weighted by atomic mass is 9.77. The minimum absolute atomic E-state index is 0.604. The van der Waals surface area contributed by atoms with Gasteiger partial charge in [-0.3, -0.25) is 0 Å². The summed E-state index contributed by atoms with van der Waals surface area (Å²) in [5.74, 6) is 0.773. The molecule has 0 bridgehead atoms. The molecule has 0 radical (unpaired) electrons. The molecule has 116 valence electrons. The van der Waals surface area contributed by atoms with Crippen LogP contribution in [0.2, 0.25) is 0 Å². The Morgan fingerprint density at radius 2 is 1.81 bits per heavy atom. The second-order valence-electron chi connectivity index (χ2n) is 6.38. The monoisotopic (exact) mass is 414 g/mol. The standard InChI is InChI=1S/C17H24Br2N2/c18-12-8-9-17(14(19)11-12)21-16-7-2-1-5-13(16)15-6-3-4-10-20-15/h8-9,11,13,15-16,20-21H,1-7,10H2. The number of hydrogen-bond donors (Lipinski definition) is 2. The van der Waals surface area contributed by atoms with Crippen molar-refractivity contribution in [2.24, 2.45) is 5.92 Å². The first kappa shape index (κ1) is 15.8. The number of anilines is 1. The SMILES string of the molecule is Brc1ccc(NC2CCCCC2C2CCCCN2)c(Br)c1. The van der Waals surface area contributed by atoms with Crippen LogP contribution < -0.4 is 10.6 Å². The third kappa shape index (κ3) is 4.02. The van der Waals surface area contributed by atoms with Gasteiger partial charge in [0, 0.05) is 26.7 Å². The van der Waals surface area contributed by atoms with E-state index in [1.807, 2.05) is 0 Å². The molecule has 2 aliphatic rings. The van der Waals surface area contributed by atoms with Crippen molar-refractivity contribution in [1.29, 1.82) is 0 Å². The Bertz CT molecular complexity index is 472. The molecule has 0 amide bonds. The van der Waals surface area contributed by atoms with Crippen LogP contribution in [0.5, 0.6) is 0 Å². The third-order valence-corrected chi connectivity index (χ3v) is 6.11. The second kappa shape index (κ2) is 7.47. The molecule has 3 unspecified atom stereocenters. The Morgan fingerprint density at radius 1 is 1.00 bits per heavy atom. The van der Waals surface area contributed by atoms with Gasteiger partial charge in [0.15, 0.2) is 0 Å². The number of hydrogen-bond acceptors (Lipinski definition) is 2. The van der Waals surface area contributed by atoms with Crippen molar-refractivity contribution < 1.29 is 0 Å². The number of benzene rings is 1. The van der Waals surface area contributed by atoms with Crippen molar-refractivity contribution in [2.75, 3.05) is 11.9 Å². The lowest BCUT2D eigenvalue weighted by Gasteiger charge is -2.40. The van der Waals surface area contributed by atoms with E-state index in [2.05, 4.69) is 60.7 Å². The minimum Gasteiger partial charge on any atom is -0.381 e. The molecule has 2 N–H and O–H groups in total. The maximum Gasteiger partial charge on any atom is 0.0487 e. The first-order chi connectivity index (χ1) is 10.2. The molecule has 1 heterocycles. The molecule has 3 rings (SSSR count). The zero-order valence-corrected chi connectivity index (χ0v) is 15.5. The highest BCUT2D eigenvalue weighted by Crippen LogP contribution is 2.34. The number of piperidine rings is 1. The van der Waals surface area contributed by atoms with E-state index in [1.165, 1.54) is 57.2 Å². The zero-order chi connectivity index (χ0) is 14.7. The van der Waals surface area contributed by atoms with Gasteiger partial charge in [0.2, 0.25) is 0 Å². The van der Waals surface area contributed by atoms with Gasteiger partial charge >= 0.3 is 0 Å². The van der Waals surface area contributed by atoms with Gasteiger partial charge in [-0.25, -0.2) is 0 Å². The van der Waals surface area contributed by atoms with Gasteiger partial charge in [-0.2, -0.15) is 0 Å². The fourth-order valence-corrected chi connectivity index (χ4v) is 5.03. The summed E-state index contributed by atoms with van der Waals surface area (Å²) < 4.78 is 2.27. The fourth-order valence-electron chi connectivity index (χ4n) is 3.87. The van der Waals surface area contributed by atoms with E-state index in [0.29, 0.717) is 12.1 Å². The van der Waals surface area contributed by atoms with Gasteiger partial charge in [-0.05, 0) is 72.3 Å². The quantitative estimate of drug-likeness (QED) is 0.697. The summed E-state index contributed by atoms with van der Waals surface area (Å²) in [5.41, 5.74) is 1.23. The summed E-state index contributed by atoms with van der Waals surface area (Å²) in [5, 5.41) is 7.59. The van der Waals surface area contributed by atoms with Gasteiger partial charge in [0.25, 0.3) is 0 Å². The van der Waals surface area contributed by atoms with Crippen LogP contribution in [0.4, 0.5) is 5.69 Å². The average molecular weight is 416 g/mol. The molecule has 21 heavy (non-hydrogen) atoms. The van der Waals surface area contributed by atoms with Crippen LogP contribution in [-0.4, -0.2) is 18.6 Å². The fraction of sp³-hybridized carbons (Fsp3) is 0.647. The summed E-state index contributed by atoms with van der Waals surface area (Å²) in [6.07, 6.45) is 9.50. The largest absolute Gasteiger partial charge is 0.381 e. The van der Waals surface area contributed by atoms with Gasteiger partial charge in [0.05, 0.1) is 0 Å². The highest BCUT2D eigenvalue weighted by atomic mass is 79.9. The van der Waals surface area contributed by atoms with E-state index in [4.69, 9.17) is 0 Å². The zero-order valence-electron chi connectivity index (χ0n) is 12.4. The second-order valence-corrected chi connectivity index (χ2v) is 8.15. The van der Waals surface area contributed by atoms with Gasteiger partial charge in [-0.1, -0.05) is 35.2 Å². The molecule has 0 aromatic heterocycles. The average Bonchev–Trinajstić information content (AvgIpc) is 2.51. The predicted octanol–water partition coefficient (Wildman–Crippen LogP) is 5.32. The van der Waals surface area contributed by atoms with Crippen molar-refractivity contribution >= 4 is 37.5 Å². The highest BCUT2D eigenvalue weighted by molar-refractivity contribution is 9.11. The van der Waals surface area contributed by atoms with Crippen molar-refractivity contribution in [3.8, 4) is 0 Å². The highest BCUT2D eigenvalue weighted by Gasteiger charge is 2.32. The van der Waals surface area contributed by atoms with E-state index >= 15 is 0 Å². The summed E-state index contributed by atoms with van der Waals surface area (Å²) in [7, 11) is 0. The Labute approximate surface area is 144 Å². The molecule has 1 aliphatic heterocycles.